The van der Waals surface area contributed by atoms with Gasteiger partial charge in [-0.3, -0.25) is 10.1 Å². The topological polar surface area (TPSA) is 52.4 Å². The Morgan fingerprint density at radius 2 is 1.95 bits per heavy atom. The Labute approximate surface area is 131 Å². The van der Waals surface area contributed by atoms with E-state index < -0.39 is 4.92 Å². The molecule has 0 amide bonds. The van der Waals surface area contributed by atoms with E-state index in [1.807, 2.05) is 0 Å². The van der Waals surface area contributed by atoms with Crippen molar-refractivity contribution in [1.29, 1.82) is 0 Å². The van der Waals surface area contributed by atoms with Gasteiger partial charge in [-0.05, 0) is 40.2 Å². The van der Waals surface area contributed by atoms with Crippen molar-refractivity contribution in [3.8, 4) is 11.5 Å². The standard InChI is InChI=1S/C13H8Br2FNO3/c14-7-8-5-9(16)1-4-12(8)20-13-6-10(17(18)19)2-3-11(13)15/h1-6H,7H2. The zero-order chi connectivity index (χ0) is 14.7. The Bertz CT molecular complexity index is 664. The van der Waals surface area contributed by atoms with Gasteiger partial charge < -0.3 is 4.74 Å². The minimum Gasteiger partial charge on any atom is -0.456 e. The van der Waals surface area contributed by atoms with Gasteiger partial charge in [0.2, 0.25) is 0 Å². The number of hydrogen-bond acceptors (Lipinski definition) is 3. The lowest BCUT2D eigenvalue weighted by atomic mass is 10.2. The van der Waals surface area contributed by atoms with Gasteiger partial charge in [-0.2, -0.15) is 0 Å². The first-order valence-electron chi connectivity index (χ1n) is 5.47. The van der Waals surface area contributed by atoms with Gasteiger partial charge in [0.1, 0.15) is 17.3 Å². The molecule has 2 rings (SSSR count). The Hall–Kier alpha value is -1.47. The molecule has 0 spiro atoms. The van der Waals surface area contributed by atoms with Crippen molar-refractivity contribution in [3.05, 3.63) is 62.4 Å². The minimum atomic E-state index is -0.505. The van der Waals surface area contributed by atoms with E-state index >= 15 is 0 Å². The summed E-state index contributed by atoms with van der Waals surface area (Å²) in [5, 5.41) is 11.2. The summed E-state index contributed by atoms with van der Waals surface area (Å²) in [6, 6.07) is 8.31. The van der Waals surface area contributed by atoms with Gasteiger partial charge >= 0.3 is 0 Å². The van der Waals surface area contributed by atoms with Crippen LogP contribution in [0.4, 0.5) is 10.1 Å². The molecule has 0 aliphatic heterocycles. The van der Waals surface area contributed by atoms with E-state index in [4.69, 9.17) is 4.74 Å². The van der Waals surface area contributed by atoms with E-state index in [2.05, 4.69) is 31.9 Å². The SMILES string of the molecule is O=[N+]([O-])c1ccc(Br)c(Oc2ccc(F)cc2CBr)c1. The molecule has 0 aromatic heterocycles. The number of nitrogens with zero attached hydrogens (tertiary/aromatic N) is 1. The van der Waals surface area contributed by atoms with Crippen LogP contribution >= 0.6 is 31.9 Å². The molecule has 0 aliphatic carbocycles. The van der Waals surface area contributed by atoms with Crippen LogP contribution in [0.1, 0.15) is 5.56 Å². The summed E-state index contributed by atoms with van der Waals surface area (Å²) in [7, 11) is 0. The largest absolute Gasteiger partial charge is 0.456 e. The highest BCUT2D eigenvalue weighted by molar-refractivity contribution is 9.10. The highest BCUT2D eigenvalue weighted by Crippen LogP contribution is 2.35. The predicted octanol–water partition coefficient (Wildman–Crippen LogP) is 5.18. The summed E-state index contributed by atoms with van der Waals surface area (Å²) in [5.41, 5.74) is 0.536. The molecule has 104 valence electrons. The van der Waals surface area contributed by atoms with Crippen molar-refractivity contribution in [2.75, 3.05) is 0 Å². The van der Waals surface area contributed by atoms with Gasteiger partial charge in [0.05, 0.1) is 15.5 Å². The average Bonchev–Trinajstić information content (AvgIpc) is 2.42. The summed E-state index contributed by atoms with van der Waals surface area (Å²) in [4.78, 5) is 10.3. The third-order valence-corrected chi connectivity index (χ3v) is 3.77. The van der Waals surface area contributed by atoms with Crippen LogP contribution in [-0.2, 0) is 5.33 Å². The van der Waals surface area contributed by atoms with Crippen molar-refractivity contribution >= 4 is 37.5 Å². The number of halogens is 3. The summed E-state index contributed by atoms with van der Waals surface area (Å²) in [6.07, 6.45) is 0. The molecule has 0 saturated carbocycles. The van der Waals surface area contributed by atoms with Gasteiger partial charge in [-0.25, -0.2) is 4.39 Å². The number of non-ortho nitro benzene ring substituents is 1. The Balaban J connectivity index is 2.39. The highest BCUT2D eigenvalue weighted by Gasteiger charge is 2.13. The van der Waals surface area contributed by atoms with Crippen molar-refractivity contribution in [2.24, 2.45) is 0 Å². The number of rotatable bonds is 4. The van der Waals surface area contributed by atoms with Crippen molar-refractivity contribution < 1.29 is 14.1 Å². The first-order valence-corrected chi connectivity index (χ1v) is 7.39. The second-order valence-corrected chi connectivity index (χ2v) is 5.27. The van der Waals surface area contributed by atoms with Crippen molar-refractivity contribution in [2.45, 2.75) is 5.33 Å². The predicted molar refractivity (Wildman–Crippen MR) is 79.9 cm³/mol. The number of nitro benzene ring substituents is 1. The van der Waals surface area contributed by atoms with Crippen molar-refractivity contribution in [1.82, 2.24) is 0 Å². The van der Waals surface area contributed by atoms with Gasteiger partial charge in [0.25, 0.3) is 5.69 Å². The van der Waals surface area contributed by atoms with Crippen LogP contribution < -0.4 is 4.74 Å². The lowest BCUT2D eigenvalue weighted by Crippen LogP contribution is -1.93. The van der Waals surface area contributed by atoms with Crippen LogP contribution in [0.25, 0.3) is 0 Å². The molecular weight excluding hydrogens is 397 g/mol. The van der Waals surface area contributed by atoms with Crippen LogP contribution in [0.2, 0.25) is 0 Å². The zero-order valence-electron chi connectivity index (χ0n) is 9.98. The summed E-state index contributed by atoms with van der Waals surface area (Å²) >= 11 is 6.51. The number of nitro groups is 1. The normalized spacial score (nSPS) is 10.3. The van der Waals surface area contributed by atoms with Gasteiger partial charge in [0.15, 0.2) is 0 Å². The summed E-state index contributed by atoms with van der Waals surface area (Å²) in [5.74, 6) is 0.363. The highest BCUT2D eigenvalue weighted by atomic mass is 79.9. The second-order valence-electron chi connectivity index (χ2n) is 3.86. The van der Waals surface area contributed by atoms with Crippen molar-refractivity contribution in [3.63, 3.8) is 0 Å². The van der Waals surface area contributed by atoms with Gasteiger partial charge in [0, 0.05) is 17.0 Å². The van der Waals surface area contributed by atoms with Gasteiger partial charge in [-0.15, -0.1) is 0 Å². The Kier molecular flexibility index (Phi) is 4.72. The Morgan fingerprint density at radius 1 is 1.20 bits per heavy atom. The number of hydrogen-bond donors (Lipinski definition) is 0. The van der Waals surface area contributed by atoms with E-state index in [1.165, 1.54) is 36.4 Å². The lowest BCUT2D eigenvalue weighted by molar-refractivity contribution is -0.384. The molecule has 2 aromatic carbocycles. The van der Waals surface area contributed by atoms with E-state index in [9.17, 15) is 14.5 Å². The molecule has 0 N–H and O–H groups in total. The smallest absolute Gasteiger partial charge is 0.273 e. The summed E-state index contributed by atoms with van der Waals surface area (Å²) in [6.45, 7) is 0. The molecule has 0 bridgehead atoms. The Morgan fingerprint density at radius 3 is 2.60 bits per heavy atom. The molecule has 2 aromatic rings. The number of ether oxygens (including phenoxy) is 1. The van der Waals surface area contributed by atoms with E-state index in [1.54, 1.807) is 0 Å². The molecule has 4 nitrogen and oxygen atoms in total. The van der Waals surface area contributed by atoms with Crippen LogP contribution in [0, 0.1) is 15.9 Å². The maximum Gasteiger partial charge on any atom is 0.273 e. The van der Waals surface area contributed by atoms with Crippen LogP contribution in [0.15, 0.2) is 40.9 Å². The van der Waals surface area contributed by atoms with E-state index in [0.717, 1.165) is 0 Å². The van der Waals surface area contributed by atoms with Crippen LogP contribution in [0.3, 0.4) is 0 Å². The first kappa shape index (κ1) is 14.9. The average molecular weight is 405 g/mol. The minimum absolute atomic E-state index is 0.0781. The molecule has 0 atom stereocenters. The molecule has 0 heterocycles. The monoisotopic (exact) mass is 403 g/mol. The fourth-order valence-corrected chi connectivity index (χ4v) is 2.32. The lowest BCUT2D eigenvalue weighted by Gasteiger charge is -2.11. The molecule has 7 heteroatoms. The third-order valence-electron chi connectivity index (χ3n) is 2.51. The maximum atomic E-state index is 13.1. The quantitative estimate of drug-likeness (QED) is 0.400. The van der Waals surface area contributed by atoms with E-state index in [0.29, 0.717) is 26.9 Å². The zero-order valence-corrected chi connectivity index (χ0v) is 13.1. The molecule has 0 unspecified atom stereocenters. The fraction of sp³-hybridized carbons (Fsp3) is 0.0769. The molecule has 20 heavy (non-hydrogen) atoms. The number of alkyl halides is 1. The second kappa shape index (κ2) is 6.32. The van der Waals surface area contributed by atoms with Crippen LogP contribution in [0.5, 0.6) is 11.5 Å². The maximum absolute atomic E-state index is 13.1. The van der Waals surface area contributed by atoms with Gasteiger partial charge in [-0.1, -0.05) is 15.9 Å². The first-order chi connectivity index (χ1) is 9.51. The summed E-state index contributed by atoms with van der Waals surface area (Å²) < 4.78 is 19.4. The van der Waals surface area contributed by atoms with E-state index in [-0.39, 0.29) is 11.5 Å². The molecule has 0 radical (unpaired) electrons. The van der Waals surface area contributed by atoms with Crippen LogP contribution in [-0.4, -0.2) is 4.92 Å². The molecule has 0 saturated heterocycles. The molecular formula is C13H8Br2FNO3. The third kappa shape index (κ3) is 3.34. The molecule has 0 aliphatic rings. The fourth-order valence-electron chi connectivity index (χ4n) is 1.55. The molecule has 0 fully saturated rings. The number of benzene rings is 2.